The van der Waals surface area contributed by atoms with Gasteiger partial charge in [0.25, 0.3) is 0 Å². The van der Waals surface area contributed by atoms with Crippen LogP contribution in [0.4, 0.5) is 8.78 Å². The van der Waals surface area contributed by atoms with Crippen molar-refractivity contribution in [3.63, 3.8) is 0 Å². The molecule has 1 N–H and O–H groups in total. The van der Waals surface area contributed by atoms with Crippen LogP contribution < -0.4 is 4.74 Å². The van der Waals surface area contributed by atoms with Gasteiger partial charge in [0.2, 0.25) is 0 Å². The van der Waals surface area contributed by atoms with Gasteiger partial charge in [-0.2, -0.15) is 0 Å². The van der Waals surface area contributed by atoms with Gasteiger partial charge in [-0.05, 0) is 6.07 Å². The largest absolute Gasteiger partial charge is 0.493 e. The summed E-state index contributed by atoms with van der Waals surface area (Å²) in [6.45, 7) is -0.193. The van der Waals surface area contributed by atoms with Gasteiger partial charge in [-0.3, -0.25) is 0 Å². The van der Waals surface area contributed by atoms with Crippen molar-refractivity contribution in [1.29, 1.82) is 0 Å². The van der Waals surface area contributed by atoms with Crippen molar-refractivity contribution in [1.82, 2.24) is 0 Å². The maximum atomic E-state index is 13.1. The SMILES string of the molecule is COc1c(F)cc(F)cc1C=CCO. The number of aliphatic hydroxyl groups excluding tert-OH is 1. The zero-order valence-electron chi connectivity index (χ0n) is 7.63. The number of rotatable bonds is 3. The van der Waals surface area contributed by atoms with E-state index in [1.165, 1.54) is 19.3 Å². The fraction of sp³-hybridized carbons (Fsp3) is 0.200. The molecule has 0 spiro atoms. The van der Waals surface area contributed by atoms with E-state index in [2.05, 4.69) is 0 Å². The van der Waals surface area contributed by atoms with E-state index in [0.717, 1.165) is 12.1 Å². The van der Waals surface area contributed by atoms with Crippen LogP contribution in [0.25, 0.3) is 6.08 Å². The molecule has 0 aliphatic rings. The van der Waals surface area contributed by atoms with Gasteiger partial charge in [-0.25, -0.2) is 8.78 Å². The Morgan fingerprint density at radius 3 is 2.71 bits per heavy atom. The smallest absolute Gasteiger partial charge is 0.168 e. The molecule has 1 aromatic carbocycles. The number of benzene rings is 1. The molecule has 0 saturated heterocycles. The fourth-order valence-corrected chi connectivity index (χ4v) is 1.10. The molecule has 76 valence electrons. The van der Waals surface area contributed by atoms with Crippen molar-refractivity contribution in [3.8, 4) is 5.75 Å². The van der Waals surface area contributed by atoms with Crippen LogP contribution in [-0.2, 0) is 0 Å². The Balaban J connectivity index is 3.18. The lowest BCUT2D eigenvalue weighted by atomic mass is 10.1. The first-order valence-electron chi connectivity index (χ1n) is 3.99. The average molecular weight is 200 g/mol. The zero-order chi connectivity index (χ0) is 10.6. The van der Waals surface area contributed by atoms with Gasteiger partial charge in [0.1, 0.15) is 5.82 Å². The van der Waals surface area contributed by atoms with E-state index in [-0.39, 0.29) is 17.9 Å². The van der Waals surface area contributed by atoms with E-state index in [0.29, 0.717) is 0 Å². The number of halogens is 2. The van der Waals surface area contributed by atoms with Crippen LogP contribution in [0.1, 0.15) is 5.56 Å². The Labute approximate surface area is 80.4 Å². The van der Waals surface area contributed by atoms with Crippen LogP contribution in [0.3, 0.4) is 0 Å². The van der Waals surface area contributed by atoms with Gasteiger partial charge in [0, 0.05) is 11.6 Å². The summed E-state index contributed by atoms with van der Waals surface area (Å²) >= 11 is 0. The Morgan fingerprint density at radius 2 is 2.14 bits per heavy atom. The van der Waals surface area contributed by atoms with E-state index < -0.39 is 11.6 Å². The number of methoxy groups -OCH3 is 1. The Bertz CT molecular complexity index is 348. The topological polar surface area (TPSA) is 29.5 Å². The molecule has 0 fully saturated rings. The molecule has 0 atom stereocenters. The summed E-state index contributed by atoms with van der Waals surface area (Å²) in [6.07, 6.45) is 2.77. The fourth-order valence-electron chi connectivity index (χ4n) is 1.10. The summed E-state index contributed by atoms with van der Waals surface area (Å²) in [5.74, 6) is -1.47. The van der Waals surface area contributed by atoms with Crippen molar-refractivity contribution < 1.29 is 18.6 Å². The first-order valence-corrected chi connectivity index (χ1v) is 3.99. The molecule has 0 saturated carbocycles. The van der Waals surface area contributed by atoms with Crippen molar-refractivity contribution in [2.24, 2.45) is 0 Å². The Kier molecular flexibility index (Phi) is 3.59. The van der Waals surface area contributed by atoms with Crippen LogP contribution in [0, 0.1) is 11.6 Å². The highest BCUT2D eigenvalue weighted by Crippen LogP contribution is 2.24. The molecule has 0 radical (unpaired) electrons. The lowest BCUT2D eigenvalue weighted by molar-refractivity contribution is 0.343. The van der Waals surface area contributed by atoms with E-state index in [4.69, 9.17) is 9.84 Å². The van der Waals surface area contributed by atoms with Crippen LogP contribution >= 0.6 is 0 Å². The van der Waals surface area contributed by atoms with Crippen LogP contribution in [-0.4, -0.2) is 18.8 Å². The average Bonchev–Trinajstić information content (AvgIpc) is 2.14. The highest BCUT2D eigenvalue weighted by atomic mass is 19.1. The summed E-state index contributed by atoms with van der Waals surface area (Å²) in [4.78, 5) is 0. The third kappa shape index (κ3) is 2.29. The number of ether oxygens (including phenoxy) is 1. The summed E-state index contributed by atoms with van der Waals surface area (Å²) in [7, 11) is 1.30. The molecule has 0 unspecified atom stereocenters. The molecule has 4 heteroatoms. The maximum Gasteiger partial charge on any atom is 0.168 e. The highest BCUT2D eigenvalue weighted by Gasteiger charge is 2.09. The van der Waals surface area contributed by atoms with Gasteiger partial charge in [-0.1, -0.05) is 12.2 Å². The Morgan fingerprint density at radius 1 is 1.43 bits per heavy atom. The second-order valence-electron chi connectivity index (χ2n) is 2.60. The minimum atomic E-state index is -0.759. The molecule has 0 aromatic heterocycles. The number of aliphatic hydroxyl groups is 1. The van der Waals surface area contributed by atoms with Gasteiger partial charge in [0.05, 0.1) is 13.7 Å². The zero-order valence-corrected chi connectivity index (χ0v) is 7.63. The normalized spacial score (nSPS) is 10.9. The minimum absolute atomic E-state index is 0.0314. The van der Waals surface area contributed by atoms with Crippen molar-refractivity contribution in [3.05, 3.63) is 35.4 Å². The molecule has 0 bridgehead atoms. The first-order chi connectivity index (χ1) is 6.69. The molecule has 0 aliphatic carbocycles. The predicted octanol–water partition coefficient (Wildman–Crippen LogP) is 1.98. The summed E-state index contributed by atoms with van der Waals surface area (Å²) < 4.78 is 30.6. The highest BCUT2D eigenvalue weighted by molar-refractivity contribution is 5.57. The number of hydrogen-bond donors (Lipinski definition) is 1. The quantitative estimate of drug-likeness (QED) is 0.808. The van der Waals surface area contributed by atoms with Crippen LogP contribution in [0.5, 0.6) is 5.75 Å². The molecular weight excluding hydrogens is 190 g/mol. The summed E-state index contributed by atoms with van der Waals surface area (Å²) in [6, 6.07) is 1.88. The lowest BCUT2D eigenvalue weighted by Crippen LogP contribution is -1.93. The summed E-state index contributed by atoms with van der Waals surface area (Å²) in [5, 5.41) is 8.51. The third-order valence-electron chi connectivity index (χ3n) is 1.64. The Hall–Kier alpha value is -1.42. The second-order valence-corrected chi connectivity index (χ2v) is 2.60. The van der Waals surface area contributed by atoms with Crippen molar-refractivity contribution in [2.45, 2.75) is 0 Å². The first kappa shape index (κ1) is 10.7. The van der Waals surface area contributed by atoms with E-state index >= 15 is 0 Å². The molecule has 2 nitrogen and oxygen atoms in total. The number of hydrogen-bond acceptors (Lipinski definition) is 2. The second kappa shape index (κ2) is 4.72. The lowest BCUT2D eigenvalue weighted by Gasteiger charge is -2.05. The maximum absolute atomic E-state index is 13.1. The van der Waals surface area contributed by atoms with E-state index in [1.807, 2.05) is 0 Å². The molecule has 0 aliphatic heterocycles. The van der Waals surface area contributed by atoms with Crippen LogP contribution in [0.2, 0.25) is 0 Å². The minimum Gasteiger partial charge on any atom is -0.493 e. The standard InChI is InChI=1S/C10H10F2O2/c1-14-10-7(3-2-4-13)5-8(11)6-9(10)12/h2-3,5-6,13H,4H2,1H3. The van der Waals surface area contributed by atoms with Crippen LogP contribution in [0.15, 0.2) is 18.2 Å². The van der Waals surface area contributed by atoms with Gasteiger partial charge < -0.3 is 9.84 Å². The molecular formula is C10H10F2O2. The van der Waals surface area contributed by atoms with Gasteiger partial charge >= 0.3 is 0 Å². The molecule has 14 heavy (non-hydrogen) atoms. The van der Waals surface area contributed by atoms with Gasteiger partial charge in [-0.15, -0.1) is 0 Å². The summed E-state index contributed by atoms with van der Waals surface area (Å²) in [5.41, 5.74) is 0.263. The molecule has 0 amide bonds. The van der Waals surface area contributed by atoms with E-state index in [9.17, 15) is 8.78 Å². The predicted molar refractivity (Wildman–Crippen MR) is 49.0 cm³/mol. The molecule has 0 heterocycles. The van der Waals surface area contributed by atoms with Crippen molar-refractivity contribution >= 4 is 6.08 Å². The monoisotopic (exact) mass is 200 g/mol. The molecule has 1 rings (SSSR count). The third-order valence-corrected chi connectivity index (χ3v) is 1.64. The molecule has 1 aromatic rings. The van der Waals surface area contributed by atoms with E-state index in [1.54, 1.807) is 0 Å². The van der Waals surface area contributed by atoms with Gasteiger partial charge in [0.15, 0.2) is 11.6 Å². The van der Waals surface area contributed by atoms with Crippen molar-refractivity contribution in [2.75, 3.05) is 13.7 Å².